The van der Waals surface area contributed by atoms with Crippen LogP contribution < -0.4 is 0 Å². The molecule has 7 heteroatoms. The number of halogens is 3. The molecule has 0 saturated carbocycles. The van der Waals surface area contributed by atoms with Gasteiger partial charge in [-0.3, -0.25) is 0 Å². The predicted molar refractivity (Wildman–Crippen MR) is 40.0 cm³/mol. The van der Waals surface area contributed by atoms with Crippen LogP contribution >= 0.6 is 0 Å². The van der Waals surface area contributed by atoms with E-state index >= 15 is 0 Å². The van der Waals surface area contributed by atoms with E-state index in [9.17, 15) is 18.0 Å². The standard InChI is InChI=1S/C7H10F3NO3/c8-7(9,10)4-14-5-1-2-11(3-5)6(12)13/h5H,1-4H2,(H,12,13)/t5-/m1/s1. The molecule has 82 valence electrons. The Balaban J connectivity index is 2.26. The average molecular weight is 213 g/mol. The molecule has 0 unspecified atom stereocenters. The van der Waals surface area contributed by atoms with Crippen LogP contribution in [0.1, 0.15) is 6.42 Å². The Morgan fingerprint density at radius 2 is 2.21 bits per heavy atom. The summed E-state index contributed by atoms with van der Waals surface area (Å²) < 4.78 is 39.6. The number of ether oxygens (including phenoxy) is 1. The molecular weight excluding hydrogens is 203 g/mol. The summed E-state index contributed by atoms with van der Waals surface area (Å²) in [6.45, 7) is -1.06. The van der Waals surface area contributed by atoms with E-state index in [4.69, 9.17) is 5.11 Å². The molecule has 1 saturated heterocycles. The van der Waals surface area contributed by atoms with Crippen LogP contribution in [0, 0.1) is 0 Å². The van der Waals surface area contributed by atoms with Gasteiger partial charge in [-0.1, -0.05) is 0 Å². The predicted octanol–water partition coefficient (Wildman–Crippen LogP) is 1.32. The van der Waals surface area contributed by atoms with E-state index in [1.165, 1.54) is 0 Å². The number of nitrogens with zero attached hydrogens (tertiary/aromatic N) is 1. The fourth-order valence-corrected chi connectivity index (χ4v) is 1.25. The van der Waals surface area contributed by atoms with E-state index in [1.807, 2.05) is 0 Å². The van der Waals surface area contributed by atoms with Crippen LogP contribution in [-0.2, 0) is 4.74 Å². The lowest BCUT2D eigenvalue weighted by Crippen LogP contribution is -2.30. The lowest BCUT2D eigenvalue weighted by molar-refractivity contribution is -0.183. The molecule has 0 spiro atoms. The van der Waals surface area contributed by atoms with Gasteiger partial charge >= 0.3 is 12.3 Å². The Hall–Kier alpha value is -0.980. The maximum atomic E-state index is 11.7. The third-order valence-electron chi connectivity index (χ3n) is 1.90. The molecule has 0 bridgehead atoms. The topological polar surface area (TPSA) is 49.8 Å². The molecule has 1 atom stereocenters. The molecule has 0 aromatic rings. The van der Waals surface area contributed by atoms with Crippen molar-refractivity contribution in [1.82, 2.24) is 4.90 Å². The van der Waals surface area contributed by atoms with Crippen molar-refractivity contribution in [2.45, 2.75) is 18.7 Å². The van der Waals surface area contributed by atoms with E-state index < -0.39 is 25.0 Å². The number of alkyl halides is 3. The van der Waals surface area contributed by atoms with Crippen molar-refractivity contribution in [3.63, 3.8) is 0 Å². The smallest absolute Gasteiger partial charge is 0.411 e. The van der Waals surface area contributed by atoms with Gasteiger partial charge in [-0.25, -0.2) is 4.79 Å². The summed E-state index contributed by atoms with van der Waals surface area (Å²) in [7, 11) is 0. The number of hydrogen-bond acceptors (Lipinski definition) is 2. The number of amides is 1. The maximum absolute atomic E-state index is 11.7. The number of rotatable bonds is 2. The molecule has 0 aromatic carbocycles. The molecule has 0 radical (unpaired) electrons. The highest BCUT2D eigenvalue weighted by Crippen LogP contribution is 2.19. The van der Waals surface area contributed by atoms with Gasteiger partial charge in [0.1, 0.15) is 6.61 Å². The largest absolute Gasteiger partial charge is 0.465 e. The van der Waals surface area contributed by atoms with Crippen molar-refractivity contribution in [3.05, 3.63) is 0 Å². The summed E-state index contributed by atoms with van der Waals surface area (Å²) in [5.41, 5.74) is 0. The summed E-state index contributed by atoms with van der Waals surface area (Å²) in [6.07, 6.45) is -5.78. The first-order valence-corrected chi connectivity index (χ1v) is 4.05. The van der Waals surface area contributed by atoms with Crippen molar-refractivity contribution in [1.29, 1.82) is 0 Å². The van der Waals surface area contributed by atoms with Crippen LogP contribution in [0.3, 0.4) is 0 Å². The summed E-state index contributed by atoms with van der Waals surface area (Å²) in [6, 6.07) is 0. The van der Waals surface area contributed by atoms with Crippen molar-refractivity contribution < 1.29 is 27.8 Å². The van der Waals surface area contributed by atoms with Crippen molar-refractivity contribution in [3.8, 4) is 0 Å². The minimum Gasteiger partial charge on any atom is -0.465 e. The molecule has 0 aromatic heterocycles. The second kappa shape index (κ2) is 4.04. The van der Waals surface area contributed by atoms with Crippen LogP contribution in [0.4, 0.5) is 18.0 Å². The van der Waals surface area contributed by atoms with Crippen LogP contribution in [0.5, 0.6) is 0 Å². The van der Waals surface area contributed by atoms with Gasteiger partial charge in [0, 0.05) is 6.54 Å². The molecule has 1 N–H and O–H groups in total. The minimum atomic E-state index is -4.35. The molecule has 1 heterocycles. The van der Waals surface area contributed by atoms with Gasteiger partial charge in [-0.15, -0.1) is 0 Å². The molecule has 1 rings (SSSR count). The second-order valence-electron chi connectivity index (χ2n) is 3.07. The summed E-state index contributed by atoms with van der Waals surface area (Å²) in [5, 5.41) is 8.51. The Morgan fingerprint density at radius 3 is 2.64 bits per heavy atom. The molecule has 1 amide bonds. The Kier molecular flexibility index (Phi) is 3.20. The van der Waals surface area contributed by atoms with E-state index in [0.717, 1.165) is 4.90 Å². The van der Waals surface area contributed by atoms with Crippen molar-refractivity contribution in [2.24, 2.45) is 0 Å². The highest BCUT2D eigenvalue weighted by atomic mass is 19.4. The lowest BCUT2D eigenvalue weighted by atomic mass is 10.3. The number of likely N-dealkylation sites (tertiary alicyclic amines) is 1. The molecule has 14 heavy (non-hydrogen) atoms. The molecule has 1 fully saturated rings. The second-order valence-corrected chi connectivity index (χ2v) is 3.07. The van der Waals surface area contributed by atoms with Crippen molar-refractivity contribution >= 4 is 6.09 Å². The monoisotopic (exact) mass is 213 g/mol. The minimum absolute atomic E-state index is 0.0193. The summed E-state index contributed by atoms with van der Waals surface area (Å²) in [5.74, 6) is 0. The van der Waals surface area contributed by atoms with E-state index in [0.29, 0.717) is 6.42 Å². The maximum Gasteiger partial charge on any atom is 0.411 e. The highest BCUT2D eigenvalue weighted by molar-refractivity contribution is 5.65. The fourth-order valence-electron chi connectivity index (χ4n) is 1.25. The normalized spacial score (nSPS) is 22.8. The van der Waals surface area contributed by atoms with Gasteiger partial charge in [0.05, 0.1) is 12.6 Å². The highest BCUT2D eigenvalue weighted by Gasteiger charge is 2.32. The van der Waals surface area contributed by atoms with Gasteiger partial charge in [0.15, 0.2) is 0 Å². The molecule has 1 aliphatic heterocycles. The third kappa shape index (κ3) is 3.41. The summed E-state index contributed by atoms with van der Waals surface area (Å²) >= 11 is 0. The van der Waals surface area contributed by atoms with Gasteiger partial charge < -0.3 is 14.7 Å². The quantitative estimate of drug-likeness (QED) is 0.752. The molecule has 1 aliphatic rings. The van der Waals surface area contributed by atoms with Crippen LogP contribution in [0.25, 0.3) is 0 Å². The Labute approximate surface area is 78.2 Å². The first-order valence-electron chi connectivity index (χ1n) is 4.05. The summed E-state index contributed by atoms with van der Waals surface area (Å²) in [4.78, 5) is 11.4. The van der Waals surface area contributed by atoms with Gasteiger partial charge in [0.25, 0.3) is 0 Å². The van der Waals surface area contributed by atoms with Gasteiger partial charge in [0.2, 0.25) is 0 Å². The third-order valence-corrected chi connectivity index (χ3v) is 1.90. The first-order chi connectivity index (χ1) is 6.38. The van der Waals surface area contributed by atoms with E-state index in [1.54, 1.807) is 0 Å². The zero-order valence-electron chi connectivity index (χ0n) is 7.25. The Morgan fingerprint density at radius 1 is 1.57 bits per heavy atom. The average Bonchev–Trinajstić information content (AvgIpc) is 2.47. The first kappa shape index (κ1) is 11.1. The number of carbonyl (C=O) groups is 1. The van der Waals surface area contributed by atoms with Crippen LogP contribution in [-0.4, -0.2) is 48.1 Å². The number of carboxylic acid groups (broad SMARTS) is 1. The molecule has 0 aliphatic carbocycles. The zero-order chi connectivity index (χ0) is 10.8. The van der Waals surface area contributed by atoms with Gasteiger partial charge in [-0.05, 0) is 6.42 Å². The van der Waals surface area contributed by atoms with E-state index in [2.05, 4.69) is 4.74 Å². The molecule has 4 nitrogen and oxygen atoms in total. The van der Waals surface area contributed by atoms with E-state index in [-0.39, 0.29) is 13.1 Å². The Bertz CT molecular complexity index is 219. The lowest BCUT2D eigenvalue weighted by Gasteiger charge is -2.14. The SMILES string of the molecule is O=C(O)N1CC[C@@H](OCC(F)(F)F)C1. The number of hydrogen-bond donors (Lipinski definition) is 1. The fraction of sp³-hybridized carbons (Fsp3) is 0.857. The van der Waals surface area contributed by atoms with Crippen molar-refractivity contribution in [2.75, 3.05) is 19.7 Å². The van der Waals surface area contributed by atoms with Crippen LogP contribution in [0.15, 0.2) is 0 Å². The van der Waals surface area contributed by atoms with Crippen LogP contribution in [0.2, 0.25) is 0 Å². The molecular formula is C7H10F3NO3. The van der Waals surface area contributed by atoms with Gasteiger partial charge in [-0.2, -0.15) is 13.2 Å². The zero-order valence-corrected chi connectivity index (χ0v) is 7.25.